The maximum absolute atomic E-state index is 12.8. The molecule has 0 saturated heterocycles. The number of aliphatic hydroxyl groups is 1. The molecule has 2 aromatic heterocycles. The highest BCUT2D eigenvalue weighted by Crippen LogP contribution is 2.20. The van der Waals surface area contributed by atoms with Crippen molar-refractivity contribution in [1.82, 2.24) is 20.1 Å². The Labute approximate surface area is 168 Å². The fourth-order valence-electron chi connectivity index (χ4n) is 2.45. The van der Waals surface area contributed by atoms with Crippen LogP contribution in [0.2, 0.25) is 5.02 Å². The van der Waals surface area contributed by atoms with Crippen molar-refractivity contribution in [3.05, 3.63) is 75.8 Å². The smallest absolute Gasteiger partial charge is 0.284 e. The molecule has 2 heterocycles. The van der Waals surface area contributed by atoms with Crippen molar-refractivity contribution in [3.63, 3.8) is 0 Å². The van der Waals surface area contributed by atoms with Crippen molar-refractivity contribution in [2.75, 3.05) is 6.54 Å². The molecule has 0 spiro atoms. The fourth-order valence-corrected chi connectivity index (χ4v) is 2.58. The third kappa shape index (κ3) is 4.82. The molecule has 0 fully saturated rings. The molecule has 29 heavy (non-hydrogen) atoms. The van der Waals surface area contributed by atoms with Gasteiger partial charge in [-0.15, -0.1) is 0 Å². The standard InChI is InChI=1S/C19H15ClF2N4O3/c20-12-5-3-11(4-6-12)15-8-14(18(28)24-10-16(27)17(21)22)19(29)26(25-15)13-2-1-7-23-9-13/h1-9,16-17,27H,10H2,(H,24,28)/t16-/m0/s1. The van der Waals surface area contributed by atoms with Crippen LogP contribution in [0.1, 0.15) is 10.4 Å². The molecule has 1 aromatic carbocycles. The highest BCUT2D eigenvalue weighted by atomic mass is 35.5. The van der Waals surface area contributed by atoms with Crippen LogP contribution in [-0.4, -0.2) is 44.9 Å². The number of benzene rings is 1. The van der Waals surface area contributed by atoms with Gasteiger partial charge in [-0.25, -0.2) is 8.78 Å². The fraction of sp³-hybridized carbons (Fsp3) is 0.158. The van der Waals surface area contributed by atoms with E-state index in [9.17, 15) is 23.5 Å². The van der Waals surface area contributed by atoms with Gasteiger partial charge in [0, 0.05) is 23.3 Å². The van der Waals surface area contributed by atoms with Crippen LogP contribution in [0.15, 0.2) is 59.7 Å². The summed E-state index contributed by atoms with van der Waals surface area (Å²) < 4.78 is 25.9. The summed E-state index contributed by atoms with van der Waals surface area (Å²) in [5.41, 5.74) is 0.0865. The van der Waals surface area contributed by atoms with Crippen molar-refractivity contribution >= 4 is 17.5 Å². The lowest BCUT2D eigenvalue weighted by molar-refractivity contribution is -0.00271. The molecule has 0 aliphatic rings. The van der Waals surface area contributed by atoms with Crippen LogP contribution in [0.3, 0.4) is 0 Å². The molecule has 2 N–H and O–H groups in total. The highest BCUT2D eigenvalue weighted by molar-refractivity contribution is 6.30. The van der Waals surface area contributed by atoms with Gasteiger partial charge in [0.05, 0.1) is 17.6 Å². The van der Waals surface area contributed by atoms with E-state index in [1.54, 1.807) is 36.4 Å². The normalized spacial score (nSPS) is 12.0. The summed E-state index contributed by atoms with van der Waals surface area (Å²) in [7, 11) is 0. The number of carbonyl (C=O) groups excluding carboxylic acids is 1. The average molecular weight is 421 g/mol. The van der Waals surface area contributed by atoms with Crippen molar-refractivity contribution < 1.29 is 18.7 Å². The Bertz CT molecular complexity index is 1060. The van der Waals surface area contributed by atoms with Crippen molar-refractivity contribution in [2.24, 2.45) is 0 Å². The molecule has 3 rings (SSSR count). The first-order valence-corrected chi connectivity index (χ1v) is 8.79. The number of pyridine rings is 1. The van der Waals surface area contributed by atoms with Crippen LogP contribution in [0.5, 0.6) is 0 Å². The van der Waals surface area contributed by atoms with Crippen LogP contribution >= 0.6 is 11.6 Å². The molecule has 7 nitrogen and oxygen atoms in total. The summed E-state index contributed by atoms with van der Waals surface area (Å²) in [6.45, 7) is -0.707. The van der Waals surface area contributed by atoms with E-state index in [2.05, 4.69) is 15.4 Å². The number of hydrogen-bond donors (Lipinski definition) is 2. The molecule has 0 aliphatic carbocycles. The van der Waals surface area contributed by atoms with E-state index in [0.29, 0.717) is 16.3 Å². The van der Waals surface area contributed by atoms with Crippen molar-refractivity contribution in [1.29, 1.82) is 0 Å². The summed E-state index contributed by atoms with van der Waals surface area (Å²) in [4.78, 5) is 29.2. The first-order chi connectivity index (χ1) is 13.9. The minimum Gasteiger partial charge on any atom is -0.385 e. The van der Waals surface area contributed by atoms with E-state index in [1.807, 2.05) is 0 Å². The van der Waals surface area contributed by atoms with E-state index in [0.717, 1.165) is 4.68 Å². The Morgan fingerprint density at radius 3 is 2.59 bits per heavy atom. The van der Waals surface area contributed by atoms with E-state index in [1.165, 1.54) is 18.5 Å². The maximum atomic E-state index is 12.8. The molecule has 3 aromatic rings. The van der Waals surface area contributed by atoms with Gasteiger partial charge in [0.25, 0.3) is 17.9 Å². The number of halogens is 3. The largest absolute Gasteiger partial charge is 0.385 e. The molecule has 1 amide bonds. The Morgan fingerprint density at radius 2 is 1.97 bits per heavy atom. The van der Waals surface area contributed by atoms with E-state index < -0.39 is 30.5 Å². The zero-order valence-corrected chi connectivity index (χ0v) is 15.6. The average Bonchev–Trinajstić information content (AvgIpc) is 2.73. The van der Waals surface area contributed by atoms with Gasteiger partial charge in [-0.2, -0.15) is 9.78 Å². The number of carbonyl (C=O) groups is 1. The van der Waals surface area contributed by atoms with Crippen LogP contribution in [0, 0.1) is 0 Å². The van der Waals surface area contributed by atoms with Gasteiger partial charge in [-0.05, 0) is 30.3 Å². The molecule has 150 valence electrons. The first-order valence-electron chi connectivity index (χ1n) is 8.42. The maximum Gasteiger partial charge on any atom is 0.284 e. The van der Waals surface area contributed by atoms with Crippen LogP contribution < -0.4 is 10.9 Å². The predicted molar refractivity (Wildman–Crippen MR) is 102 cm³/mol. The number of aliphatic hydroxyl groups excluding tert-OH is 1. The van der Waals surface area contributed by atoms with Gasteiger partial charge < -0.3 is 10.4 Å². The molecule has 0 saturated carbocycles. The topological polar surface area (TPSA) is 97.1 Å². The molecular weight excluding hydrogens is 406 g/mol. The van der Waals surface area contributed by atoms with E-state index in [-0.39, 0.29) is 11.3 Å². The molecule has 0 aliphatic heterocycles. The van der Waals surface area contributed by atoms with Crippen LogP contribution in [0.4, 0.5) is 8.78 Å². The van der Waals surface area contributed by atoms with Gasteiger partial charge in [0.1, 0.15) is 11.7 Å². The number of hydrogen-bond acceptors (Lipinski definition) is 5. The van der Waals surface area contributed by atoms with Crippen molar-refractivity contribution in [3.8, 4) is 16.9 Å². The van der Waals surface area contributed by atoms with Gasteiger partial charge >= 0.3 is 0 Å². The monoisotopic (exact) mass is 420 g/mol. The minimum absolute atomic E-state index is 0.282. The van der Waals surface area contributed by atoms with Crippen LogP contribution in [0.25, 0.3) is 16.9 Å². The lowest BCUT2D eigenvalue weighted by Gasteiger charge is -2.13. The third-order valence-electron chi connectivity index (χ3n) is 3.95. The van der Waals surface area contributed by atoms with E-state index >= 15 is 0 Å². The SMILES string of the molecule is O=C(NC[C@H](O)C(F)F)c1cc(-c2ccc(Cl)cc2)nn(-c2cccnc2)c1=O. The Balaban J connectivity index is 2.07. The molecule has 1 atom stereocenters. The Morgan fingerprint density at radius 1 is 1.24 bits per heavy atom. The van der Waals surface area contributed by atoms with Crippen LogP contribution in [-0.2, 0) is 0 Å². The summed E-state index contributed by atoms with van der Waals surface area (Å²) in [6, 6.07) is 11.0. The molecular formula is C19H15ClF2N4O3. The first kappa shape index (κ1) is 20.6. The zero-order valence-electron chi connectivity index (χ0n) is 14.8. The second-order valence-corrected chi connectivity index (χ2v) is 6.43. The second kappa shape index (κ2) is 8.89. The summed E-state index contributed by atoms with van der Waals surface area (Å²) in [5, 5.41) is 16.1. The Hall–Kier alpha value is -3.17. The number of nitrogens with zero attached hydrogens (tertiary/aromatic N) is 3. The predicted octanol–water partition coefficient (Wildman–Crippen LogP) is 2.30. The molecule has 0 radical (unpaired) electrons. The highest BCUT2D eigenvalue weighted by Gasteiger charge is 2.21. The van der Waals surface area contributed by atoms with Crippen molar-refractivity contribution in [2.45, 2.75) is 12.5 Å². The quantitative estimate of drug-likeness (QED) is 0.637. The number of aromatic nitrogens is 3. The summed E-state index contributed by atoms with van der Waals surface area (Å²) in [6.07, 6.45) is -2.17. The van der Waals surface area contributed by atoms with E-state index in [4.69, 9.17) is 11.6 Å². The zero-order chi connectivity index (χ0) is 21.0. The number of alkyl halides is 2. The lowest BCUT2D eigenvalue weighted by Crippen LogP contribution is -2.39. The number of amides is 1. The second-order valence-electron chi connectivity index (χ2n) is 5.99. The summed E-state index contributed by atoms with van der Waals surface area (Å²) in [5.74, 6) is -0.912. The van der Waals surface area contributed by atoms with Gasteiger partial charge in [-0.1, -0.05) is 23.7 Å². The number of rotatable bonds is 6. The lowest BCUT2D eigenvalue weighted by atomic mass is 10.1. The molecule has 10 heteroatoms. The summed E-state index contributed by atoms with van der Waals surface area (Å²) >= 11 is 5.90. The van der Waals surface area contributed by atoms with Gasteiger partial charge in [-0.3, -0.25) is 14.6 Å². The third-order valence-corrected chi connectivity index (χ3v) is 4.20. The molecule has 0 unspecified atom stereocenters. The Kier molecular flexibility index (Phi) is 6.30. The number of nitrogens with one attached hydrogen (secondary N) is 1. The van der Waals surface area contributed by atoms with Gasteiger partial charge in [0.2, 0.25) is 0 Å². The van der Waals surface area contributed by atoms with Gasteiger partial charge in [0.15, 0.2) is 0 Å². The minimum atomic E-state index is -3.02. The molecule has 0 bridgehead atoms.